The highest BCUT2D eigenvalue weighted by atomic mass is 16.3. The molecule has 1 aliphatic rings. The summed E-state index contributed by atoms with van der Waals surface area (Å²) < 4.78 is 0. The summed E-state index contributed by atoms with van der Waals surface area (Å²) in [6.45, 7) is 0.595. The highest BCUT2D eigenvalue weighted by Crippen LogP contribution is 2.34. The number of rotatable bonds is 3. The van der Waals surface area contributed by atoms with E-state index in [1.54, 1.807) is 0 Å². The highest BCUT2D eigenvalue weighted by Gasteiger charge is 2.25. The molecule has 0 saturated heterocycles. The van der Waals surface area contributed by atoms with Crippen molar-refractivity contribution >= 4 is 5.91 Å². The van der Waals surface area contributed by atoms with Gasteiger partial charge in [0.25, 0.3) is 5.91 Å². The zero-order valence-corrected chi connectivity index (χ0v) is 10.3. The molecule has 1 amide bonds. The summed E-state index contributed by atoms with van der Waals surface area (Å²) in [6.07, 6.45) is 3.76. The second-order valence-corrected chi connectivity index (χ2v) is 4.70. The van der Waals surface area contributed by atoms with Crippen LogP contribution in [-0.2, 0) is 6.42 Å². The van der Waals surface area contributed by atoms with Crippen LogP contribution in [-0.4, -0.2) is 22.5 Å². The van der Waals surface area contributed by atoms with Crippen LogP contribution in [0.2, 0.25) is 0 Å². The number of benzene rings is 1. The number of aromatic hydroxyl groups is 1. The van der Waals surface area contributed by atoms with Crippen LogP contribution in [0.3, 0.4) is 0 Å². The second kappa shape index (κ2) is 4.72. The van der Waals surface area contributed by atoms with Crippen LogP contribution in [0.1, 0.15) is 27.4 Å². The molecule has 3 rings (SSSR count). The maximum absolute atomic E-state index is 11.9. The number of pyridine rings is 1. The number of nitrogens with one attached hydrogen (secondary N) is 1. The van der Waals surface area contributed by atoms with E-state index in [4.69, 9.17) is 0 Å². The Morgan fingerprint density at radius 2 is 2.21 bits per heavy atom. The predicted octanol–water partition coefficient (Wildman–Crippen LogP) is 1.86. The van der Waals surface area contributed by atoms with E-state index in [9.17, 15) is 9.90 Å². The molecule has 0 radical (unpaired) electrons. The standard InChI is InChI=1S/C15H14N2O2/c18-14-9-16-6-5-13(14)15(19)17-8-11-7-10-3-1-2-4-12(10)11/h1-6,9,11,18H,7-8H2,(H,17,19). The number of amides is 1. The molecule has 4 heteroatoms. The Morgan fingerprint density at radius 3 is 3.00 bits per heavy atom. The molecule has 2 N–H and O–H groups in total. The van der Waals surface area contributed by atoms with Crippen molar-refractivity contribution in [1.82, 2.24) is 10.3 Å². The van der Waals surface area contributed by atoms with Gasteiger partial charge in [-0.25, -0.2) is 0 Å². The first-order chi connectivity index (χ1) is 9.25. The van der Waals surface area contributed by atoms with E-state index in [1.807, 2.05) is 12.1 Å². The van der Waals surface area contributed by atoms with Gasteiger partial charge in [0.05, 0.1) is 11.8 Å². The van der Waals surface area contributed by atoms with Gasteiger partial charge in [-0.1, -0.05) is 24.3 Å². The average molecular weight is 254 g/mol. The first kappa shape index (κ1) is 11.7. The molecule has 1 aromatic heterocycles. The Kier molecular flexibility index (Phi) is 2.91. The van der Waals surface area contributed by atoms with Crippen molar-refractivity contribution in [2.75, 3.05) is 6.54 Å². The van der Waals surface area contributed by atoms with E-state index in [2.05, 4.69) is 22.4 Å². The second-order valence-electron chi connectivity index (χ2n) is 4.70. The SMILES string of the molecule is O=C(NCC1Cc2ccccc21)c1ccncc1O. The van der Waals surface area contributed by atoms with Crippen molar-refractivity contribution in [2.24, 2.45) is 0 Å². The van der Waals surface area contributed by atoms with Gasteiger partial charge in [-0.3, -0.25) is 9.78 Å². The molecule has 2 aromatic rings. The molecule has 19 heavy (non-hydrogen) atoms. The normalized spacial score (nSPS) is 16.3. The summed E-state index contributed by atoms with van der Waals surface area (Å²) in [5, 5.41) is 12.4. The summed E-state index contributed by atoms with van der Waals surface area (Å²) in [7, 11) is 0. The maximum atomic E-state index is 11.9. The van der Waals surface area contributed by atoms with Crippen molar-refractivity contribution < 1.29 is 9.90 Å². The van der Waals surface area contributed by atoms with Gasteiger partial charge in [0.1, 0.15) is 5.75 Å². The van der Waals surface area contributed by atoms with Gasteiger partial charge in [0.15, 0.2) is 0 Å². The molecular formula is C15H14N2O2. The minimum atomic E-state index is -0.260. The maximum Gasteiger partial charge on any atom is 0.255 e. The van der Waals surface area contributed by atoms with E-state index in [-0.39, 0.29) is 17.2 Å². The monoisotopic (exact) mass is 254 g/mol. The molecule has 4 nitrogen and oxygen atoms in total. The van der Waals surface area contributed by atoms with Crippen LogP contribution >= 0.6 is 0 Å². The van der Waals surface area contributed by atoms with E-state index >= 15 is 0 Å². The lowest BCUT2D eigenvalue weighted by atomic mass is 9.77. The molecule has 0 spiro atoms. The fourth-order valence-corrected chi connectivity index (χ4v) is 2.43. The third kappa shape index (κ3) is 2.17. The van der Waals surface area contributed by atoms with Crippen LogP contribution in [0.15, 0.2) is 42.7 Å². The van der Waals surface area contributed by atoms with Crippen LogP contribution in [0, 0.1) is 0 Å². The van der Waals surface area contributed by atoms with Gasteiger partial charge >= 0.3 is 0 Å². The van der Waals surface area contributed by atoms with Gasteiger partial charge < -0.3 is 10.4 Å². The number of aromatic nitrogens is 1. The number of fused-ring (bicyclic) bond motifs is 1. The molecule has 0 saturated carbocycles. The average Bonchev–Trinajstić information content (AvgIpc) is 2.40. The quantitative estimate of drug-likeness (QED) is 0.878. The molecule has 96 valence electrons. The molecule has 1 aromatic carbocycles. The lowest BCUT2D eigenvalue weighted by molar-refractivity contribution is 0.0947. The molecule has 1 atom stereocenters. The van der Waals surface area contributed by atoms with Gasteiger partial charge in [-0.05, 0) is 23.6 Å². The topological polar surface area (TPSA) is 62.2 Å². The van der Waals surface area contributed by atoms with Gasteiger partial charge in [-0.2, -0.15) is 0 Å². The summed E-state index contributed by atoms with van der Waals surface area (Å²) in [5.41, 5.74) is 2.93. The summed E-state index contributed by atoms with van der Waals surface area (Å²) in [4.78, 5) is 15.7. The van der Waals surface area contributed by atoms with Crippen LogP contribution in [0.4, 0.5) is 0 Å². The molecular weight excluding hydrogens is 240 g/mol. The minimum absolute atomic E-state index is 0.0889. The molecule has 0 aliphatic heterocycles. The number of hydrogen-bond acceptors (Lipinski definition) is 3. The van der Waals surface area contributed by atoms with Crippen molar-refractivity contribution in [2.45, 2.75) is 12.3 Å². The van der Waals surface area contributed by atoms with E-state index in [1.165, 1.54) is 29.6 Å². The zero-order valence-electron chi connectivity index (χ0n) is 10.3. The first-order valence-corrected chi connectivity index (χ1v) is 6.24. The fraction of sp³-hybridized carbons (Fsp3) is 0.200. The summed E-state index contributed by atoms with van der Waals surface area (Å²) in [6, 6.07) is 9.77. The van der Waals surface area contributed by atoms with Crippen molar-refractivity contribution in [1.29, 1.82) is 0 Å². The highest BCUT2D eigenvalue weighted by molar-refractivity contribution is 5.96. The van der Waals surface area contributed by atoms with E-state index in [0.29, 0.717) is 12.5 Å². The Bertz CT molecular complexity index is 625. The van der Waals surface area contributed by atoms with E-state index in [0.717, 1.165) is 6.42 Å². The van der Waals surface area contributed by atoms with E-state index < -0.39 is 0 Å². The zero-order chi connectivity index (χ0) is 13.2. The minimum Gasteiger partial charge on any atom is -0.505 e. The molecule has 1 unspecified atom stereocenters. The molecule has 0 bridgehead atoms. The molecule has 1 heterocycles. The van der Waals surface area contributed by atoms with Gasteiger partial charge in [0.2, 0.25) is 0 Å². The Balaban J connectivity index is 1.63. The Morgan fingerprint density at radius 1 is 1.37 bits per heavy atom. The van der Waals surface area contributed by atoms with Crippen molar-refractivity contribution in [3.8, 4) is 5.75 Å². The van der Waals surface area contributed by atoms with Crippen LogP contribution in [0.25, 0.3) is 0 Å². The fourth-order valence-electron chi connectivity index (χ4n) is 2.43. The van der Waals surface area contributed by atoms with Crippen LogP contribution in [0.5, 0.6) is 5.75 Å². The number of nitrogens with zero attached hydrogens (tertiary/aromatic N) is 1. The molecule has 1 aliphatic carbocycles. The Hall–Kier alpha value is -2.36. The third-order valence-electron chi connectivity index (χ3n) is 3.51. The smallest absolute Gasteiger partial charge is 0.255 e. The molecule has 0 fully saturated rings. The first-order valence-electron chi connectivity index (χ1n) is 6.24. The largest absolute Gasteiger partial charge is 0.505 e. The van der Waals surface area contributed by atoms with Crippen molar-refractivity contribution in [3.63, 3.8) is 0 Å². The summed E-state index contributed by atoms with van der Waals surface area (Å²) in [5.74, 6) is 0.0300. The lowest BCUT2D eigenvalue weighted by Gasteiger charge is -2.30. The lowest BCUT2D eigenvalue weighted by Crippen LogP contribution is -2.33. The van der Waals surface area contributed by atoms with Crippen LogP contribution < -0.4 is 5.32 Å². The predicted molar refractivity (Wildman–Crippen MR) is 71.1 cm³/mol. The number of hydrogen-bond donors (Lipinski definition) is 2. The van der Waals surface area contributed by atoms with Gasteiger partial charge in [0, 0.05) is 18.7 Å². The summed E-state index contributed by atoms with van der Waals surface area (Å²) >= 11 is 0. The number of carbonyl (C=O) groups is 1. The van der Waals surface area contributed by atoms with Crippen molar-refractivity contribution in [3.05, 3.63) is 59.4 Å². The number of carbonyl (C=O) groups excluding carboxylic acids is 1. The van der Waals surface area contributed by atoms with Gasteiger partial charge in [-0.15, -0.1) is 0 Å². The Labute approximate surface area is 111 Å². The third-order valence-corrected chi connectivity index (χ3v) is 3.51.